The largest absolute Gasteiger partial charge is 0.506 e. The van der Waals surface area contributed by atoms with Crippen LogP contribution in [0.3, 0.4) is 0 Å². The third-order valence-electron chi connectivity index (χ3n) is 3.64. The molecule has 0 saturated carbocycles. The van der Waals surface area contributed by atoms with E-state index in [4.69, 9.17) is 39.9 Å². The van der Waals surface area contributed by atoms with Crippen LogP contribution in [0.25, 0.3) is 0 Å². The van der Waals surface area contributed by atoms with Crippen LogP contribution >= 0.6 is 34.8 Å². The van der Waals surface area contributed by atoms with Gasteiger partial charge in [0, 0.05) is 6.07 Å². The Labute approximate surface area is 164 Å². The van der Waals surface area contributed by atoms with E-state index in [-0.39, 0.29) is 10.8 Å². The van der Waals surface area contributed by atoms with Crippen LogP contribution in [0.4, 0.5) is 0 Å². The van der Waals surface area contributed by atoms with E-state index in [2.05, 4.69) is 20.8 Å². The summed E-state index contributed by atoms with van der Waals surface area (Å²) < 4.78 is 5.04. The van der Waals surface area contributed by atoms with Crippen molar-refractivity contribution in [3.63, 3.8) is 0 Å². The molecule has 1 nitrogen and oxygen atoms in total. The van der Waals surface area contributed by atoms with Crippen LogP contribution in [0.5, 0.6) is 5.75 Å². The molecule has 0 unspecified atom stereocenters. The molecular formula is C18H30Cl3OSn. The van der Waals surface area contributed by atoms with Crippen molar-refractivity contribution < 1.29 is 5.11 Å². The van der Waals surface area contributed by atoms with Crippen molar-refractivity contribution in [3.8, 4) is 5.75 Å². The maximum atomic E-state index is 8.95. The fourth-order valence-corrected chi connectivity index (χ4v) is 12.2. The molecule has 0 atom stereocenters. The molecule has 0 heterocycles. The Bertz CT molecular complexity index is 358. The Morgan fingerprint density at radius 2 is 1.13 bits per heavy atom. The first-order chi connectivity index (χ1) is 11.0. The van der Waals surface area contributed by atoms with Crippen molar-refractivity contribution in [2.75, 3.05) is 0 Å². The van der Waals surface area contributed by atoms with Gasteiger partial charge in [0.1, 0.15) is 5.75 Å². The van der Waals surface area contributed by atoms with Crippen LogP contribution in [-0.4, -0.2) is 24.9 Å². The Kier molecular flexibility index (Phi) is 15.4. The second-order valence-electron chi connectivity index (χ2n) is 5.78. The molecule has 1 N–H and O–H groups in total. The molecular weight excluding hydrogens is 457 g/mol. The van der Waals surface area contributed by atoms with Crippen LogP contribution in [0.15, 0.2) is 12.1 Å². The maximum Gasteiger partial charge on any atom is 0.135 e. The van der Waals surface area contributed by atoms with Gasteiger partial charge in [-0.15, -0.1) is 0 Å². The summed E-state index contributed by atoms with van der Waals surface area (Å²) in [4.78, 5) is 0. The number of benzene rings is 1. The molecule has 0 spiro atoms. The summed E-state index contributed by atoms with van der Waals surface area (Å²) >= 11 is 15.7. The van der Waals surface area contributed by atoms with Gasteiger partial charge in [-0.05, 0) is 6.07 Å². The van der Waals surface area contributed by atoms with Crippen molar-refractivity contribution in [2.24, 2.45) is 0 Å². The quantitative estimate of drug-likeness (QED) is 0.275. The summed E-state index contributed by atoms with van der Waals surface area (Å²) in [6, 6.07) is 2.69. The molecule has 0 aliphatic carbocycles. The van der Waals surface area contributed by atoms with Gasteiger partial charge in [-0.1, -0.05) is 34.8 Å². The molecule has 23 heavy (non-hydrogen) atoms. The topological polar surface area (TPSA) is 20.2 Å². The molecule has 133 valence electrons. The smallest absolute Gasteiger partial charge is 0.135 e. The predicted octanol–water partition coefficient (Wildman–Crippen LogP) is 8.23. The minimum Gasteiger partial charge on any atom is -0.506 e. The summed E-state index contributed by atoms with van der Waals surface area (Å²) in [6.45, 7) is 7.00. The Morgan fingerprint density at radius 3 is 1.48 bits per heavy atom. The molecule has 0 amide bonds. The zero-order valence-electron chi connectivity index (χ0n) is 14.6. The average molecular weight is 488 g/mol. The Morgan fingerprint density at radius 1 is 0.739 bits per heavy atom. The van der Waals surface area contributed by atoms with Crippen molar-refractivity contribution in [2.45, 2.75) is 72.6 Å². The second kappa shape index (κ2) is 15.0. The number of hydrogen-bond donors (Lipinski definition) is 1. The first kappa shape index (κ1) is 23.7. The van der Waals surface area contributed by atoms with E-state index in [9.17, 15) is 0 Å². The number of aromatic hydroxyl groups is 1. The van der Waals surface area contributed by atoms with Gasteiger partial charge < -0.3 is 5.11 Å². The third kappa shape index (κ3) is 11.8. The molecule has 0 bridgehead atoms. The second-order valence-corrected chi connectivity index (χ2v) is 15.6. The minimum atomic E-state index is -0.839. The van der Waals surface area contributed by atoms with E-state index in [0.717, 1.165) is 0 Å². The van der Waals surface area contributed by atoms with Crippen molar-refractivity contribution >= 4 is 54.6 Å². The number of rotatable bonds is 9. The van der Waals surface area contributed by atoms with E-state index in [0.29, 0.717) is 10.0 Å². The maximum absolute atomic E-state index is 8.95. The first-order valence-corrected chi connectivity index (χ1v) is 15.8. The van der Waals surface area contributed by atoms with Crippen molar-refractivity contribution in [3.05, 3.63) is 27.2 Å². The van der Waals surface area contributed by atoms with Crippen LogP contribution in [-0.2, 0) is 0 Å². The van der Waals surface area contributed by atoms with Gasteiger partial charge >= 0.3 is 92.4 Å². The molecule has 0 aliphatic heterocycles. The van der Waals surface area contributed by atoms with Crippen LogP contribution < -0.4 is 0 Å². The fraction of sp³-hybridized carbons (Fsp3) is 0.667. The molecule has 1 aromatic rings. The zero-order chi connectivity index (χ0) is 17.7. The summed E-state index contributed by atoms with van der Waals surface area (Å²) in [5.41, 5.74) is 0. The summed E-state index contributed by atoms with van der Waals surface area (Å²) in [5.74, 6) is -0.0592. The van der Waals surface area contributed by atoms with Crippen LogP contribution in [0.2, 0.25) is 28.4 Å². The fourth-order valence-electron chi connectivity index (χ4n) is 2.17. The van der Waals surface area contributed by atoms with E-state index < -0.39 is 19.8 Å². The summed E-state index contributed by atoms with van der Waals surface area (Å²) in [6.07, 6.45) is 8.85. The van der Waals surface area contributed by atoms with Gasteiger partial charge in [0.15, 0.2) is 0 Å². The number of hydrogen-bond acceptors (Lipinski definition) is 1. The Hall–Kier alpha value is 0.689. The van der Waals surface area contributed by atoms with E-state index in [1.807, 2.05) is 0 Å². The number of phenols is 1. The summed E-state index contributed by atoms with van der Waals surface area (Å²) in [7, 11) is 0. The van der Waals surface area contributed by atoms with Gasteiger partial charge in [-0.3, -0.25) is 0 Å². The van der Waals surface area contributed by atoms with Crippen LogP contribution in [0.1, 0.15) is 59.3 Å². The van der Waals surface area contributed by atoms with Crippen LogP contribution in [0, 0.1) is 0 Å². The number of phenolic OH excluding ortho intramolecular Hbond substituents is 1. The molecule has 0 aliphatic rings. The predicted molar refractivity (Wildman–Crippen MR) is 108 cm³/mol. The standard InChI is InChI=1S/C6H3Cl3O.3C4H9.Sn/c7-3-1-5(9)6(10)2-4(3)8;3*1-3-4-2;/h1-2,10H;3*1,3-4H2,2H3;. The third-order valence-corrected chi connectivity index (χ3v) is 13.7. The van der Waals surface area contributed by atoms with Gasteiger partial charge in [-0.25, -0.2) is 0 Å². The Balaban J connectivity index is 0.000000433. The minimum absolute atomic E-state index is 0.0592. The summed E-state index contributed by atoms with van der Waals surface area (Å²) in [5, 5.41) is 9.79. The monoisotopic (exact) mass is 487 g/mol. The molecule has 0 aromatic heterocycles. The first-order valence-electron chi connectivity index (χ1n) is 8.63. The van der Waals surface area contributed by atoms with Gasteiger partial charge in [0.2, 0.25) is 0 Å². The number of halogens is 3. The number of unbranched alkanes of at least 4 members (excludes halogenated alkanes) is 3. The van der Waals surface area contributed by atoms with E-state index >= 15 is 0 Å². The average Bonchev–Trinajstić information content (AvgIpc) is 2.53. The van der Waals surface area contributed by atoms with Gasteiger partial charge in [-0.2, -0.15) is 0 Å². The molecule has 0 fully saturated rings. The van der Waals surface area contributed by atoms with Gasteiger partial charge in [0.25, 0.3) is 0 Å². The van der Waals surface area contributed by atoms with E-state index in [1.54, 1.807) is 13.3 Å². The molecule has 1 aromatic carbocycles. The van der Waals surface area contributed by atoms with Crippen molar-refractivity contribution in [1.29, 1.82) is 0 Å². The zero-order valence-corrected chi connectivity index (χ0v) is 19.7. The van der Waals surface area contributed by atoms with E-state index in [1.165, 1.54) is 50.7 Å². The SMILES string of the molecule is CCC[CH2][Sn]([CH2]CCC)[CH2]CCC.Oc1cc(Cl)c(Cl)cc1Cl. The normalized spacial score (nSPS) is 10.6. The molecule has 0 saturated heterocycles. The molecule has 5 heteroatoms. The molecule has 1 rings (SSSR count). The van der Waals surface area contributed by atoms with Gasteiger partial charge in [0.05, 0.1) is 15.1 Å². The molecule has 1 radical (unpaired) electrons. The van der Waals surface area contributed by atoms with Crippen molar-refractivity contribution in [1.82, 2.24) is 0 Å².